The van der Waals surface area contributed by atoms with Crippen molar-refractivity contribution in [3.63, 3.8) is 0 Å². The molecule has 1 saturated carbocycles. The maximum absolute atomic E-state index is 12.5. The molecule has 3 rings (SSSR count). The molecule has 0 bridgehead atoms. The molecule has 112 valence electrons. The van der Waals surface area contributed by atoms with Crippen molar-refractivity contribution in [1.29, 1.82) is 0 Å². The number of amides is 1. The minimum absolute atomic E-state index is 0.0566. The summed E-state index contributed by atoms with van der Waals surface area (Å²) >= 11 is 1.47. The summed E-state index contributed by atoms with van der Waals surface area (Å²) in [6, 6.07) is 0.268. The largest absolute Gasteiger partial charge is 0.480 e. The first-order valence-corrected chi connectivity index (χ1v) is 7.54. The van der Waals surface area contributed by atoms with Crippen molar-refractivity contribution in [3.05, 3.63) is 28.1 Å². The molecular formula is C12H13N3O5S. The lowest BCUT2D eigenvalue weighted by Gasteiger charge is -2.26. The van der Waals surface area contributed by atoms with Crippen LogP contribution in [0.4, 0.5) is 5.69 Å². The fraction of sp³-hybridized carbons (Fsp3) is 0.500. The molecule has 2 N–H and O–H groups in total. The summed E-state index contributed by atoms with van der Waals surface area (Å²) in [5, 5.41) is 19.8. The molecule has 0 radical (unpaired) electrons. The number of carbonyl (C=O) groups is 2. The van der Waals surface area contributed by atoms with Gasteiger partial charge in [-0.15, -0.1) is 11.8 Å². The Hall–Kier alpha value is -2.03. The van der Waals surface area contributed by atoms with Crippen LogP contribution in [0.25, 0.3) is 0 Å². The summed E-state index contributed by atoms with van der Waals surface area (Å²) in [7, 11) is 0. The molecule has 1 aliphatic heterocycles. The number of aromatic amines is 1. The molecule has 8 nitrogen and oxygen atoms in total. The lowest BCUT2D eigenvalue weighted by molar-refractivity contribution is -0.384. The minimum Gasteiger partial charge on any atom is -0.480 e. The van der Waals surface area contributed by atoms with E-state index in [1.54, 1.807) is 0 Å². The number of nitrogens with zero attached hydrogens (tertiary/aromatic N) is 2. The van der Waals surface area contributed by atoms with E-state index in [0.29, 0.717) is 11.7 Å². The first kappa shape index (κ1) is 13.9. The molecule has 2 heterocycles. The van der Waals surface area contributed by atoms with Crippen LogP contribution in [0.2, 0.25) is 0 Å². The van der Waals surface area contributed by atoms with Crippen LogP contribution in [0.5, 0.6) is 0 Å². The standard InChI is InChI=1S/C12H13N3O5S/c16-10(8-3-7(4-13-8)15(19)20)14-9(12(17)18)5-21-11(14)6-1-2-6/h3-4,6,9,11,13H,1-2,5H2,(H,17,18). The van der Waals surface area contributed by atoms with E-state index in [2.05, 4.69) is 4.98 Å². The predicted molar refractivity (Wildman–Crippen MR) is 74.0 cm³/mol. The average molecular weight is 311 g/mol. The highest BCUT2D eigenvalue weighted by molar-refractivity contribution is 8.00. The molecule has 1 aliphatic carbocycles. The number of rotatable bonds is 4. The van der Waals surface area contributed by atoms with Crippen LogP contribution in [0.1, 0.15) is 23.3 Å². The van der Waals surface area contributed by atoms with Crippen molar-refractivity contribution in [2.24, 2.45) is 5.92 Å². The van der Waals surface area contributed by atoms with Gasteiger partial charge in [0.1, 0.15) is 11.7 Å². The van der Waals surface area contributed by atoms with Gasteiger partial charge in [0.2, 0.25) is 0 Å². The Labute approximate surface area is 123 Å². The number of aliphatic carboxylic acids is 1. The van der Waals surface area contributed by atoms with Crippen molar-refractivity contribution in [3.8, 4) is 0 Å². The topological polar surface area (TPSA) is 117 Å². The lowest BCUT2D eigenvalue weighted by Crippen LogP contribution is -2.46. The van der Waals surface area contributed by atoms with Gasteiger partial charge in [-0.1, -0.05) is 0 Å². The second-order valence-corrected chi connectivity index (χ2v) is 6.31. The zero-order valence-electron chi connectivity index (χ0n) is 10.9. The summed E-state index contributed by atoms with van der Waals surface area (Å²) in [6.45, 7) is 0. The maximum atomic E-state index is 12.5. The fourth-order valence-corrected chi connectivity index (χ4v) is 4.10. The van der Waals surface area contributed by atoms with Crippen LogP contribution in [-0.4, -0.2) is 49.0 Å². The minimum atomic E-state index is -1.04. The van der Waals surface area contributed by atoms with Crippen molar-refractivity contribution in [2.75, 3.05) is 5.75 Å². The molecule has 0 aromatic carbocycles. The zero-order chi connectivity index (χ0) is 15.1. The highest BCUT2D eigenvalue weighted by atomic mass is 32.2. The van der Waals surface area contributed by atoms with Crippen LogP contribution in [0.3, 0.4) is 0 Å². The van der Waals surface area contributed by atoms with Gasteiger partial charge in [-0.05, 0) is 18.8 Å². The third-order valence-corrected chi connectivity index (χ3v) is 5.15. The molecule has 2 fully saturated rings. The Morgan fingerprint density at radius 2 is 2.19 bits per heavy atom. The van der Waals surface area contributed by atoms with Crippen LogP contribution in [0, 0.1) is 16.0 Å². The molecule has 9 heteroatoms. The van der Waals surface area contributed by atoms with E-state index in [4.69, 9.17) is 0 Å². The van der Waals surface area contributed by atoms with Gasteiger partial charge in [-0.25, -0.2) is 4.79 Å². The second-order valence-electron chi connectivity index (χ2n) is 5.16. The quantitative estimate of drug-likeness (QED) is 0.639. The fourth-order valence-electron chi connectivity index (χ4n) is 2.47. The second kappa shape index (κ2) is 5.06. The lowest BCUT2D eigenvalue weighted by atomic mass is 10.2. The van der Waals surface area contributed by atoms with E-state index in [0.717, 1.165) is 25.1 Å². The summed E-state index contributed by atoms with van der Waals surface area (Å²) in [5.41, 5.74) is -0.152. The van der Waals surface area contributed by atoms with Gasteiger partial charge in [0.15, 0.2) is 0 Å². The molecule has 2 unspecified atom stereocenters. The number of carbonyl (C=O) groups excluding carboxylic acids is 1. The molecule has 2 aliphatic rings. The number of hydrogen-bond acceptors (Lipinski definition) is 5. The Balaban J connectivity index is 1.88. The summed E-state index contributed by atoms with van der Waals surface area (Å²) in [6.07, 6.45) is 3.11. The molecule has 21 heavy (non-hydrogen) atoms. The van der Waals surface area contributed by atoms with Crippen molar-refractivity contribution in [2.45, 2.75) is 24.3 Å². The van der Waals surface area contributed by atoms with E-state index in [1.807, 2.05) is 0 Å². The van der Waals surface area contributed by atoms with E-state index in [-0.39, 0.29) is 16.8 Å². The van der Waals surface area contributed by atoms with Crippen LogP contribution < -0.4 is 0 Å². The Kier molecular flexibility index (Phi) is 3.36. The molecule has 2 atom stereocenters. The molecule has 1 aromatic rings. The smallest absolute Gasteiger partial charge is 0.327 e. The number of thioether (sulfide) groups is 1. The monoisotopic (exact) mass is 311 g/mol. The van der Waals surface area contributed by atoms with Crippen LogP contribution in [-0.2, 0) is 4.79 Å². The van der Waals surface area contributed by atoms with Crippen LogP contribution in [0.15, 0.2) is 12.3 Å². The maximum Gasteiger partial charge on any atom is 0.327 e. The Morgan fingerprint density at radius 3 is 2.71 bits per heavy atom. The van der Waals surface area contributed by atoms with Crippen molar-refractivity contribution < 1.29 is 19.6 Å². The number of nitrogens with one attached hydrogen (secondary N) is 1. The highest BCUT2D eigenvalue weighted by Crippen LogP contribution is 2.45. The van der Waals surface area contributed by atoms with Gasteiger partial charge in [0.05, 0.1) is 16.5 Å². The Bertz CT molecular complexity index is 612. The number of H-pyrrole nitrogens is 1. The number of carboxylic acid groups (broad SMARTS) is 1. The van der Waals surface area contributed by atoms with Gasteiger partial charge in [-0.2, -0.15) is 0 Å². The van der Waals surface area contributed by atoms with Gasteiger partial charge < -0.3 is 15.0 Å². The number of hydrogen-bond donors (Lipinski definition) is 2. The summed E-state index contributed by atoms with van der Waals surface area (Å²) < 4.78 is 0. The normalized spacial score (nSPS) is 25.0. The van der Waals surface area contributed by atoms with E-state index >= 15 is 0 Å². The first-order valence-electron chi connectivity index (χ1n) is 6.49. The SMILES string of the molecule is O=C(O)C1CSC(C2CC2)N1C(=O)c1cc([N+](=O)[O-])c[nH]1. The van der Waals surface area contributed by atoms with E-state index in [1.165, 1.54) is 16.7 Å². The van der Waals surface area contributed by atoms with E-state index in [9.17, 15) is 24.8 Å². The average Bonchev–Trinajstić information content (AvgIpc) is 3.01. The van der Waals surface area contributed by atoms with Crippen LogP contribution >= 0.6 is 11.8 Å². The molecule has 1 aromatic heterocycles. The highest BCUT2D eigenvalue weighted by Gasteiger charge is 2.48. The number of nitro groups is 1. The summed E-state index contributed by atoms with van der Waals surface area (Å²) in [5.74, 6) is -0.851. The van der Waals surface area contributed by atoms with Gasteiger partial charge in [0.25, 0.3) is 11.6 Å². The molecule has 0 spiro atoms. The predicted octanol–water partition coefficient (Wildman–Crippen LogP) is 1.30. The third kappa shape index (κ3) is 2.48. The zero-order valence-corrected chi connectivity index (χ0v) is 11.7. The van der Waals surface area contributed by atoms with Gasteiger partial charge in [-0.3, -0.25) is 14.9 Å². The van der Waals surface area contributed by atoms with E-state index < -0.39 is 22.8 Å². The first-order chi connectivity index (χ1) is 9.99. The Morgan fingerprint density at radius 1 is 1.48 bits per heavy atom. The molecule has 1 amide bonds. The van der Waals surface area contributed by atoms with Gasteiger partial charge >= 0.3 is 5.97 Å². The summed E-state index contributed by atoms with van der Waals surface area (Å²) in [4.78, 5) is 37.9. The molecular weight excluding hydrogens is 298 g/mol. The van der Waals surface area contributed by atoms with Crippen molar-refractivity contribution >= 4 is 29.3 Å². The number of carboxylic acids is 1. The van der Waals surface area contributed by atoms with Gasteiger partial charge in [0, 0.05) is 11.8 Å². The number of aromatic nitrogens is 1. The molecule has 1 saturated heterocycles. The van der Waals surface area contributed by atoms with Crippen molar-refractivity contribution in [1.82, 2.24) is 9.88 Å². The third-order valence-electron chi connectivity index (χ3n) is 3.69.